The maximum atomic E-state index is 11.2. The van der Waals surface area contributed by atoms with Gasteiger partial charge >= 0.3 is 0 Å². The van der Waals surface area contributed by atoms with Crippen LogP contribution in [0.5, 0.6) is 0 Å². The van der Waals surface area contributed by atoms with Gasteiger partial charge in [-0.3, -0.25) is 9.69 Å². The molecule has 3 heterocycles. The third kappa shape index (κ3) is 2.63. The van der Waals surface area contributed by atoms with E-state index in [1.165, 1.54) is 32.4 Å². The van der Waals surface area contributed by atoms with Crippen molar-refractivity contribution < 1.29 is 4.79 Å². The molecule has 1 aromatic rings. The molecule has 0 spiro atoms. The molecule has 0 aromatic carbocycles. The number of hydrogen-bond donors (Lipinski definition) is 0. The summed E-state index contributed by atoms with van der Waals surface area (Å²) in [5.41, 5.74) is 0.694. The van der Waals surface area contributed by atoms with Crippen molar-refractivity contribution in [2.24, 2.45) is 0 Å². The molecule has 3 rings (SSSR count). The Morgan fingerprint density at radius 2 is 2.05 bits per heavy atom. The van der Waals surface area contributed by atoms with Crippen LogP contribution in [0.3, 0.4) is 0 Å². The average Bonchev–Trinajstić information content (AvgIpc) is 3.10. The third-order valence-corrected chi connectivity index (χ3v) is 4.30. The quantitative estimate of drug-likeness (QED) is 0.778. The second-order valence-electron chi connectivity index (χ2n) is 5.59. The molecule has 0 N–H and O–H groups in total. The molecule has 1 unspecified atom stereocenters. The van der Waals surface area contributed by atoms with Crippen LogP contribution in [-0.2, 0) is 0 Å². The van der Waals surface area contributed by atoms with Crippen LogP contribution in [0.25, 0.3) is 0 Å². The van der Waals surface area contributed by atoms with Crippen molar-refractivity contribution in [3.8, 4) is 0 Å². The van der Waals surface area contributed by atoms with Gasteiger partial charge in [0.2, 0.25) is 0 Å². The van der Waals surface area contributed by atoms with Gasteiger partial charge in [0.05, 0.1) is 0 Å². The molecule has 102 valence electrons. The number of nitrogens with zero attached hydrogens (tertiary/aromatic N) is 3. The van der Waals surface area contributed by atoms with E-state index in [-0.39, 0.29) is 5.78 Å². The maximum Gasteiger partial charge on any atom is 0.161 e. The molecular formula is C15H21N3O. The highest BCUT2D eigenvalue weighted by atomic mass is 16.1. The summed E-state index contributed by atoms with van der Waals surface area (Å²) in [4.78, 5) is 20.6. The molecule has 0 saturated carbocycles. The second-order valence-corrected chi connectivity index (χ2v) is 5.59. The molecule has 4 nitrogen and oxygen atoms in total. The number of rotatable bonds is 3. The number of anilines is 1. The predicted octanol–water partition coefficient (Wildman–Crippen LogP) is 1.96. The van der Waals surface area contributed by atoms with Crippen LogP contribution in [0.4, 0.5) is 5.82 Å². The largest absolute Gasteiger partial charge is 0.355 e. The summed E-state index contributed by atoms with van der Waals surface area (Å²) in [6, 6.07) is 4.55. The van der Waals surface area contributed by atoms with Crippen LogP contribution in [0.15, 0.2) is 18.3 Å². The normalized spacial score (nSPS) is 24.1. The molecule has 0 radical (unpaired) electrons. The number of Topliss-reactive ketones (excluding diaryl/α,β-unsaturated/α-hetero) is 1. The van der Waals surface area contributed by atoms with E-state index in [1.54, 1.807) is 13.1 Å². The maximum absolute atomic E-state index is 11.2. The third-order valence-electron chi connectivity index (χ3n) is 4.30. The van der Waals surface area contributed by atoms with E-state index in [1.807, 2.05) is 12.1 Å². The van der Waals surface area contributed by atoms with Gasteiger partial charge in [0, 0.05) is 30.9 Å². The summed E-state index contributed by atoms with van der Waals surface area (Å²) < 4.78 is 0. The molecule has 0 bridgehead atoms. The van der Waals surface area contributed by atoms with Crippen molar-refractivity contribution in [1.82, 2.24) is 9.88 Å². The summed E-state index contributed by atoms with van der Waals surface area (Å²) in [7, 11) is 0. The minimum atomic E-state index is 0.0791. The van der Waals surface area contributed by atoms with E-state index in [0.717, 1.165) is 18.9 Å². The zero-order valence-electron chi connectivity index (χ0n) is 11.5. The van der Waals surface area contributed by atoms with E-state index in [0.29, 0.717) is 11.6 Å². The number of likely N-dealkylation sites (tertiary alicyclic amines) is 1. The highest BCUT2D eigenvalue weighted by Gasteiger charge is 2.29. The minimum absolute atomic E-state index is 0.0791. The molecule has 2 aliphatic rings. The van der Waals surface area contributed by atoms with Gasteiger partial charge in [-0.2, -0.15) is 0 Å². The first-order chi connectivity index (χ1) is 9.24. The van der Waals surface area contributed by atoms with Gasteiger partial charge in [-0.25, -0.2) is 4.98 Å². The van der Waals surface area contributed by atoms with Crippen LogP contribution in [0, 0.1) is 0 Å². The molecule has 19 heavy (non-hydrogen) atoms. The van der Waals surface area contributed by atoms with Gasteiger partial charge in [-0.15, -0.1) is 0 Å². The summed E-state index contributed by atoms with van der Waals surface area (Å²) in [6.45, 7) is 6.25. The van der Waals surface area contributed by atoms with Crippen molar-refractivity contribution >= 4 is 11.6 Å². The smallest absolute Gasteiger partial charge is 0.161 e. The SMILES string of the molecule is CC(=O)c1ccc(N2CCC(N3CCCC3)C2)nc1. The summed E-state index contributed by atoms with van der Waals surface area (Å²) in [5.74, 6) is 1.09. The van der Waals surface area contributed by atoms with Gasteiger partial charge < -0.3 is 4.90 Å². The number of carbonyl (C=O) groups excluding carboxylic acids is 1. The van der Waals surface area contributed by atoms with E-state index in [2.05, 4.69) is 14.8 Å². The van der Waals surface area contributed by atoms with Gasteiger partial charge in [0.15, 0.2) is 5.78 Å². The van der Waals surface area contributed by atoms with Crippen molar-refractivity contribution in [3.05, 3.63) is 23.9 Å². The van der Waals surface area contributed by atoms with Gasteiger partial charge in [-0.1, -0.05) is 0 Å². The van der Waals surface area contributed by atoms with E-state index in [9.17, 15) is 4.79 Å². The lowest BCUT2D eigenvalue weighted by atomic mass is 10.2. The fraction of sp³-hybridized carbons (Fsp3) is 0.600. The number of pyridine rings is 1. The lowest BCUT2D eigenvalue weighted by Gasteiger charge is -2.24. The monoisotopic (exact) mass is 259 g/mol. The molecular weight excluding hydrogens is 238 g/mol. The van der Waals surface area contributed by atoms with Crippen LogP contribution in [0.1, 0.15) is 36.5 Å². The minimum Gasteiger partial charge on any atom is -0.355 e. The topological polar surface area (TPSA) is 36.4 Å². The predicted molar refractivity (Wildman–Crippen MR) is 75.7 cm³/mol. The Bertz CT molecular complexity index is 451. The molecule has 2 saturated heterocycles. The fourth-order valence-corrected chi connectivity index (χ4v) is 3.14. The van der Waals surface area contributed by atoms with E-state index >= 15 is 0 Å². The highest BCUT2D eigenvalue weighted by molar-refractivity contribution is 5.93. The Hall–Kier alpha value is -1.42. The van der Waals surface area contributed by atoms with Gasteiger partial charge in [0.1, 0.15) is 5.82 Å². The van der Waals surface area contributed by atoms with Crippen LogP contribution in [-0.4, -0.2) is 47.9 Å². The van der Waals surface area contributed by atoms with Gasteiger partial charge in [-0.05, 0) is 51.4 Å². The highest BCUT2D eigenvalue weighted by Crippen LogP contribution is 2.24. The first-order valence-electron chi connectivity index (χ1n) is 7.20. The number of aromatic nitrogens is 1. The van der Waals surface area contributed by atoms with Crippen molar-refractivity contribution in [1.29, 1.82) is 0 Å². The molecule has 1 aromatic heterocycles. The lowest BCUT2D eigenvalue weighted by Crippen LogP contribution is -2.35. The van der Waals surface area contributed by atoms with Crippen molar-refractivity contribution in [3.63, 3.8) is 0 Å². The zero-order chi connectivity index (χ0) is 13.2. The fourth-order valence-electron chi connectivity index (χ4n) is 3.14. The van der Waals surface area contributed by atoms with E-state index < -0.39 is 0 Å². The Labute approximate surface area is 114 Å². The van der Waals surface area contributed by atoms with Crippen LogP contribution >= 0.6 is 0 Å². The number of hydrogen-bond acceptors (Lipinski definition) is 4. The Morgan fingerprint density at radius 3 is 2.68 bits per heavy atom. The summed E-state index contributed by atoms with van der Waals surface area (Å²) in [6.07, 6.45) is 5.63. The average molecular weight is 259 g/mol. The van der Waals surface area contributed by atoms with Crippen LogP contribution < -0.4 is 4.90 Å². The van der Waals surface area contributed by atoms with Crippen molar-refractivity contribution in [2.45, 2.75) is 32.2 Å². The Kier molecular flexibility index (Phi) is 3.51. The number of ketones is 1. The molecule has 1 atom stereocenters. The molecule has 4 heteroatoms. The standard InChI is InChI=1S/C15H21N3O/c1-12(19)13-4-5-15(16-10-13)18-9-6-14(11-18)17-7-2-3-8-17/h4-5,10,14H,2-3,6-9,11H2,1H3. The molecule has 0 aliphatic carbocycles. The summed E-state index contributed by atoms with van der Waals surface area (Å²) in [5, 5.41) is 0. The Balaban J connectivity index is 1.65. The first-order valence-corrected chi connectivity index (χ1v) is 7.20. The molecule has 2 aliphatic heterocycles. The van der Waals surface area contributed by atoms with Crippen molar-refractivity contribution in [2.75, 3.05) is 31.1 Å². The molecule has 0 amide bonds. The zero-order valence-corrected chi connectivity index (χ0v) is 11.5. The van der Waals surface area contributed by atoms with Gasteiger partial charge in [0.25, 0.3) is 0 Å². The second kappa shape index (κ2) is 5.29. The first kappa shape index (κ1) is 12.6. The lowest BCUT2D eigenvalue weighted by molar-refractivity contribution is 0.101. The Morgan fingerprint density at radius 1 is 1.26 bits per heavy atom. The van der Waals surface area contributed by atoms with Crippen LogP contribution in [0.2, 0.25) is 0 Å². The van der Waals surface area contributed by atoms with E-state index in [4.69, 9.17) is 0 Å². The number of carbonyl (C=O) groups is 1. The molecule has 2 fully saturated rings. The summed E-state index contributed by atoms with van der Waals surface area (Å²) >= 11 is 0.